The molecule has 200 valence electrons. The quantitative estimate of drug-likeness (QED) is 0.118. The number of hydrogen-bond donors (Lipinski definition) is 0. The first-order chi connectivity index (χ1) is 20.2. The van der Waals surface area contributed by atoms with Crippen molar-refractivity contribution in [2.75, 3.05) is 0 Å². The Hall–Kier alpha value is -5.82. The molecule has 0 heterocycles. The van der Waals surface area contributed by atoms with Gasteiger partial charge >= 0.3 is 12.3 Å². The highest BCUT2D eigenvalue weighted by Gasteiger charge is 2.24. The highest BCUT2D eigenvalue weighted by atomic mass is 16.7. The molecule has 0 amide bonds. The molecule has 0 aliphatic carbocycles. The molecule has 0 atom stereocenters. The number of rotatable bonds is 6. The molecular weight excluding hydrogens is 520 g/mol. The van der Waals surface area contributed by atoms with Crippen LogP contribution in [-0.2, 0) is 0 Å². The Balaban J connectivity index is 1.49. The van der Waals surface area contributed by atoms with Gasteiger partial charge in [0.2, 0.25) is 0 Å². The van der Waals surface area contributed by atoms with Crippen molar-refractivity contribution >= 4 is 33.9 Å². The molecule has 0 aromatic heterocycles. The fourth-order valence-electron chi connectivity index (χ4n) is 4.41. The molecule has 0 aliphatic heterocycles. The van der Waals surface area contributed by atoms with E-state index >= 15 is 0 Å². The van der Waals surface area contributed by atoms with E-state index < -0.39 is 12.3 Å². The summed E-state index contributed by atoms with van der Waals surface area (Å²) in [4.78, 5) is 25.9. The number of para-hydroxylation sites is 3. The van der Waals surface area contributed by atoms with E-state index in [-0.39, 0.29) is 11.5 Å². The van der Waals surface area contributed by atoms with E-state index in [0.717, 1.165) is 0 Å². The molecule has 0 spiro atoms. The van der Waals surface area contributed by atoms with Crippen LogP contribution >= 0.6 is 0 Å². The lowest BCUT2D eigenvalue weighted by Crippen LogP contribution is -2.16. The first-order valence-corrected chi connectivity index (χ1v) is 12.8. The molecule has 0 unspecified atom stereocenters. The molecular formula is C34H22O7. The van der Waals surface area contributed by atoms with Gasteiger partial charge in [-0.05, 0) is 42.5 Å². The van der Waals surface area contributed by atoms with E-state index in [1.54, 1.807) is 103 Å². The van der Waals surface area contributed by atoms with E-state index in [2.05, 4.69) is 0 Å². The molecule has 6 aromatic carbocycles. The van der Waals surface area contributed by atoms with Crippen molar-refractivity contribution in [3.05, 3.63) is 133 Å². The third-order valence-electron chi connectivity index (χ3n) is 6.14. The number of benzene rings is 6. The lowest BCUT2D eigenvalue weighted by atomic mass is 9.99. The van der Waals surface area contributed by atoms with Gasteiger partial charge in [-0.25, -0.2) is 9.59 Å². The van der Waals surface area contributed by atoms with Crippen molar-refractivity contribution in [1.29, 1.82) is 0 Å². The Morgan fingerprint density at radius 3 is 1.39 bits per heavy atom. The largest absolute Gasteiger partial charge is 0.519 e. The van der Waals surface area contributed by atoms with Gasteiger partial charge < -0.3 is 23.7 Å². The van der Waals surface area contributed by atoms with Gasteiger partial charge in [-0.1, -0.05) is 91.0 Å². The van der Waals surface area contributed by atoms with E-state index in [9.17, 15) is 9.59 Å². The highest BCUT2D eigenvalue weighted by molar-refractivity contribution is 6.14. The minimum Gasteiger partial charge on any atom is -0.457 e. The van der Waals surface area contributed by atoms with Crippen LogP contribution in [0.4, 0.5) is 9.59 Å². The molecule has 41 heavy (non-hydrogen) atoms. The first kappa shape index (κ1) is 25.5. The van der Waals surface area contributed by atoms with Gasteiger partial charge in [0.1, 0.15) is 23.0 Å². The minimum atomic E-state index is -0.936. The maximum absolute atomic E-state index is 13.0. The van der Waals surface area contributed by atoms with E-state index in [0.29, 0.717) is 44.5 Å². The van der Waals surface area contributed by atoms with Crippen LogP contribution in [0, 0.1) is 0 Å². The molecule has 0 radical (unpaired) electrons. The van der Waals surface area contributed by atoms with Gasteiger partial charge in [-0.2, -0.15) is 0 Å². The number of ether oxygens (including phenoxy) is 5. The van der Waals surface area contributed by atoms with E-state index in [1.807, 2.05) is 30.3 Å². The van der Waals surface area contributed by atoms with Crippen molar-refractivity contribution in [3.63, 3.8) is 0 Å². The molecule has 0 saturated carbocycles. The third kappa shape index (κ3) is 5.65. The lowest BCUT2D eigenvalue weighted by Gasteiger charge is -2.18. The Labute approximate surface area is 235 Å². The first-order valence-electron chi connectivity index (χ1n) is 12.8. The maximum Gasteiger partial charge on any atom is 0.519 e. The third-order valence-corrected chi connectivity index (χ3v) is 6.14. The van der Waals surface area contributed by atoms with Crippen LogP contribution in [-0.4, -0.2) is 12.3 Å². The van der Waals surface area contributed by atoms with Crippen molar-refractivity contribution in [3.8, 4) is 34.5 Å². The van der Waals surface area contributed by atoms with Crippen molar-refractivity contribution in [2.45, 2.75) is 0 Å². The average Bonchev–Trinajstić information content (AvgIpc) is 3.00. The summed E-state index contributed by atoms with van der Waals surface area (Å²) < 4.78 is 28.7. The topological polar surface area (TPSA) is 80.3 Å². The lowest BCUT2D eigenvalue weighted by molar-refractivity contribution is 0.151. The minimum absolute atomic E-state index is 0.187. The maximum atomic E-state index is 13.0. The number of hydrogen-bond acceptors (Lipinski definition) is 7. The normalized spacial score (nSPS) is 10.6. The summed E-state index contributed by atoms with van der Waals surface area (Å²) in [5.41, 5.74) is 0. The predicted octanol–water partition coefficient (Wildman–Crippen LogP) is 8.94. The number of carbonyl (C=O) groups is 2. The van der Waals surface area contributed by atoms with Gasteiger partial charge in [0, 0.05) is 16.2 Å². The van der Waals surface area contributed by atoms with Crippen LogP contribution in [0.1, 0.15) is 0 Å². The second kappa shape index (κ2) is 11.5. The summed E-state index contributed by atoms with van der Waals surface area (Å²) >= 11 is 0. The molecule has 0 bridgehead atoms. The van der Waals surface area contributed by atoms with Gasteiger partial charge in [0.25, 0.3) is 0 Å². The SMILES string of the molecule is O=C(Oc1ccccc1)Oc1c2ccccc2c(OC(=O)Oc2ccccc2)c2c(Oc3ccccc3)cccc12. The van der Waals surface area contributed by atoms with Crippen molar-refractivity contribution in [1.82, 2.24) is 0 Å². The molecule has 6 rings (SSSR count). The monoisotopic (exact) mass is 542 g/mol. The van der Waals surface area contributed by atoms with Crippen LogP contribution in [0.2, 0.25) is 0 Å². The zero-order valence-corrected chi connectivity index (χ0v) is 21.6. The second-order valence-corrected chi connectivity index (χ2v) is 8.83. The number of fused-ring (bicyclic) bond motifs is 2. The Morgan fingerprint density at radius 1 is 0.390 bits per heavy atom. The average molecular weight is 543 g/mol. The Bertz CT molecular complexity index is 1840. The smallest absolute Gasteiger partial charge is 0.457 e. The van der Waals surface area contributed by atoms with Crippen LogP contribution in [0.15, 0.2) is 133 Å². The van der Waals surface area contributed by atoms with Gasteiger partial charge in [-0.15, -0.1) is 0 Å². The van der Waals surface area contributed by atoms with Crippen LogP contribution < -0.4 is 23.7 Å². The van der Waals surface area contributed by atoms with Gasteiger partial charge in [0.05, 0.1) is 5.39 Å². The fraction of sp³-hybridized carbons (Fsp3) is 0. The molecule has 0 saturated heterocycles. The van der Waals surface area contributed by atoms with Crippen molar-refractivity contribution in [2.24, 2.45) is 0 Å². The predicted molar refractivity (Wildman–Crippen MR) is 154 cm³/mol. The summed E-state index contributed by atoms with van der Waals surface area (Å²) in [7, 11) is 0. The Morgan fingerprint density at radius 2 is 0.829 bits per heavy atom. The summed E-state index contributed by atoms with van der Waals surface area (Å²) in [6, 6.07) is 38.8. The highest BCUT2D eigenvalue weighted by Crippen LogP contribution is 2.47. The Kier molecular flexibility index (Phi) is 7.15. The van der Waals surface area contributed by atoms with Crippen LogP contribution in [0.5, 0.6) is 34.5 Å². The summed E-state index contributed by atoms with van der Waals surface area (Å²) in [5, 5.41) is 1.88. The van der Waals surface area contributed by atoms with Gasteiger partial charge in [0.15, 0.2) is 11.5 Å². The fourth-order valence-corrected chi connectivity index (χ4v) is 4.41. The van der Waals surface area contributed by atoms with Crippen LogP contribution in [0.25, 0.3) is 21.5 Å². The number of carbonyl (C=O) groups excluding carboxylic acids is 2. The van der Waals surface area contributed by atoms with Crippen molar-refractivity contribution < 1.29 is 33.3 Å². The van der Waals surface area contributed by atoms with E-state index in [1.165, 1.54) is 0 Å². The molecule has 0 N–H and O–H groups in total. The summed E-state index contributed by atoms with van der Waals surface area (Å²) in [6.07, 6.45) is -1.86. The van der Waals surface area contributed by atoms with Crippen LogP contribution in [0.3, 0.4) is 0 Å². The molecule has 6 aromatic rings. The summed E-state index contributed by atoms with van der Waals surface area (Å²) in [6.45, 7) is 0. The molecule has 7 nitrogen and oxygen atoms in total. The zero-order valence-electron chi connectivity index (χ0n) is 21.6. The van der Waals surface area contributed by atoms with Gasteiger partial charge in [-0.3, -0.25) is 0 Å². The summed E-state index contributed by atoms with van der Waals surface area (Å²) in [5.74, 6) is 2.02. The second-order valence-electron chi connectivity index (χ2n) is 8.83. The molecule has 7 heteroatoms. The van der Waals surface area contributed by atoms with E-state index in [4.69, 9.17) is 23.7 Å². The molecule has 0 aliphatic rings. The standard InChI is InChI=1S/C34H22O7/c35-33(38-24-15-6-2-7-16-24)40-31-26-19-10-11-20-27(26)32(41-34(36)39-25-17-8-3-9-18-25)30-28(31)21-12-22-29(30)37-23-13-4-1-5-14-23/h1-22H. The molecule has 0 fully saturated rings. The zero-order chi connectivity index (χ0) is 28.0.